The van der Waals surface area contributed by atoms with Gasteiger partial charge in [0, 0.05) is 42.7 Å². The van der Waals surface area contributed by atoms with Gasteiger partial charge < -0.3 is 9.55 Å². The molecule has 3 aromatic rings. The van der Waals surface area contributed by atoms with E-state index >= 15 is 0 Å². The molecule has 0 bridgehead atoms. The first kappa shape index (κ1) is 14.5. The lowest BCUT2D eigenvalue weighted by atomic mass is 9.96. The fourth-order valence-corrected chi connectivity index (χ4v) is 3.76. The third-order valence-electron chi connectivity index (χ3n) is 4.94. The molecule has 1 unspecified atom stereocenters. The molecule has 4 rings (SSSR count). The summed E-state index contributed by atoms with van der Waals surface area (Å²) < 4.78 is 2.18. The number of rotatable bonds is 4. The Bertz CT molecular complexity index is 787. The number of piperidine rings is 1. The third kappa shape index (κ3) is 2.77. The molecular formula is C18H23N5. The Morgan fingerprint density at radius 2 is 2.26 bits per heavy atom. The van der Waals surface area contributed by atoms with E-state index in [1.54, 1.807) is 0 Å². The number of nitrogens with zero attached hydrogens (tertiary/aromatic N) is 4. The first-order valence-corrected chi connectivity index (χ1v) is 8.50. The molecule has 1 aliphatic heterocycles. The molecule has 3 heterocycles. The highest BCUT2D eigenvalue weighted by molar-refractivity contribution is 5.82. The van der Waals surface area contributed by atoms with E-state index in [9.17, 15) is 0 Å². The van der Waals surface area contributed by atoms with Gasteiger partial charge in [-0.1, -0.05) is 12.1 Å². The van der Waals surface area contributed by atoms with Gasteiger partial charge in [-0.3, -0.25) is 4.90 Å². The SMILES string of the molecule is CCn1cnnc1C1CCCN(Cc2cccc3[nH]ccc23)C1. The van der Waals surface area contributed by atoms with Crippen LogP contribution in [0.25, 0.3) is 10.9 Å². The molecule has 5 heteroatoms. The number of fused-ring (bicyclic) bond motifs is 1. The Hall–Kier alpha value is -2.14. The van der Waals surface area contributed by atoms with E-state index < -0.39 is 0 Å². The van der Waals surface area contributed by atoms with Crippen LogP contribution in [-0.4, -0.2) is 37.7 Å². The van der Waals surface area contributed by atoms with E-state index in [2.05, 4.69) is 55.8 Å². The topological polar surface area (TPSA) is 49.7 Å². The van der Waals surface area contributed by atoms with Gasteiger partial charge in [0.25, 0.3) is 0 Å². The highest BCUT2D eigenvalue weighted by Gasteiger charge is 2.25. The Morgan fingerprint density at radius 1 is 1.30 bits per heavy atom. The molecule has 1 saturated heterocycles. The number of aryl methyl sites for hydroxylation is 1. The molecule has 1 fully saturated rings. The van der Waals surface area contributed by atoms with Gasteiger partial charge in [0.2, 0.25) is 0 Å². The van der Waals surface area contributed by atoms with E-state index in [0.29, 0.717) is 5.92 Å². The molecule has 1 aromatic carbocycles. The van der Waals surface area contributed by atoms with Crippen LogP contribution < -0.4 is 0 Å². The first-order chi connectivity index (χ1) is 11.3. The van der Waals surface area contributed by atoms with Crippen molar-refractivity contribution in [2.75, 3.05) is 13.1 Å². The lowest BCUT2D eigenvalue weighted by Crippen LogP contribution is -2.35. The second kappa shape index (κ2) is 6.16. The molecule has 0 radical (unpaired) electrons. The zero-order valence-corrected chi connectivity index (χ0v) is 13.6. The molecular weight excluding hydrogens is 286 g/mol. The Balaban J connectivity index is 1.53. The summed E-state index contributed by atoms with van der Waals surface area (Å²) in [4.78, 5) is 5.86. The monoisotopic (exact) mass is 309 g/mol. The van der Waals surface area contributed by atoms with E-state index in [1.807, 2.05) is 12.5 Å². The fourth-order valence-electron chi connectivity index (χ4n) is 3.76. The number of H-pyrrole nitrogens is 1. The summed E-state index contributed by atoms with van der Waals surface area (Å²) in [5, 5.41) is 9.82. The maximum Gasteiger partial charge on any atom is 0.137 e. The zero-order chi connectivity index (χ0) is 15.6. The quantitative estimate of drug-likeness (QED) is 0.805. The maximum atomic E-state index is 4.38. The number of nitrogens with one attached hydrogen (secondary N) is 1. The molecule has 0 saturated carbocycles. The van der Waals surface area contributed by atoms with Crippen LogP contribution in [0.2, 0.25) is 0 Å². The van der Waals surface area contributed by atoms with Crippen LogP contribution in [0, 0.1) is 0 Å². The molecule has 0 amide bonds. The van der Waals surface area contributed by atoms with Gasteiger partial charge in [-0.15, -0.1) is 10.2 Å². The predicted octanol–water partition coefficient (Wildman–Crippen LogP) is 3.16. The molecule has 1 atom stereocenters. The highest BCUT2D eigenvalue weighted by Crippen LogP contribution is 2.27. The number of likely N-dealkylation sites (tertiary alicyclic amines) is 1. The van der Waals surface area contributed by atoms with Crippen molar-refractivity contribution in [2.24, 2.45) is 0 Å². The van der Waals surface area contributed by atoms with Gasteiger partial charge in [0.15, 0.2) is 0 Å². The number of aromatic nitrogens is 4. The molecule has 23 heavy (non-hydrogen) atoms. The smallest absolute Gasteiger partial charge is 0.137 e. The average molecular weight is 309 g/mol. The summed E-state index contributed by atoms with van der Waals surface area (Å²) in [6, 6.07) is 8.71. The van der Waals surface area contributed by atoms with Crippen molar-refractivity contribution < 1.29 is 0 Å². The van der Waals surface area contributed by atoms with E-state index in [1.165, 1.54) is 29.3 Å². The van der Waals surface area contributed by atoms with Crippen LogP contribution in [0.1, 0.15) is 37.1 Å². The minimum absolute atomic E-state index is 0.497. The van der Waals surface area contributed by atoms with E-state index in [0.717, 1.165) is 32.0 Å². The van der Waals surface area contributed by atoms with Crippen molar-refractivity contribution in [1.29, 1.82) is 0 Å². The van der Waals surface area contributed by atoms with Crippen LogP contribution in [0.3, 0.4) is 0 Å². The molecule has 2 aromatic heterocycles. The predicted molar refractivity (Wildman–Crippen MR) is 91.2 cm³/mol. The lowest BCUT2D eigenvalue weighted by molar-refractivity contribution is 0.195. The summed E-state index contributed by atoms with van der Waals surface area (Å²) in [6.07, 6.45) is 6.32. The molecule has 0 spiro atoms. The number of hydrogen-bond acceptors (Lipinski definition) is 3. The number of aromatic amines is 1. The van der Waals surface area contributed by atoms with Gasteiger partial charge in [0.1, 0.15) is 12.2 Å². The average Bonchev–Trinajstić information content (AvgIpc) is 3.24. The van der Waals surface area contributed by atoms with Crippen LogP contribution in [0.15, 0.2) is 36.8 Å². The summed E-state index contributed by atoms with van der Waals surface area (Å²) in [6.45, 7) is 6.34. The van der Waals surface area contributed by atoms with E-state index in [4.69, 9.17) is 0 Å². The van der Waals surface area contributed by atoms with Crippen LogP contribution in [0.5, 0.6) is 0 Å². The van der Waals surface area contributed by atoms with E-state index in [-0.39, 0.29) is 0 Å². The zero-order valence-electron chi connectivity index (χ0n) is 13.6. The standard InChI is InChI=1S/C18H23N5/c1-2-23-13-20-21-18(23)15-6-4-10-22(12-15)11-14-5-3-7-17-16(14)8-9-19-17/h3,5,7-9,13,15,19H,2,4,6,10-12H2,1H3. The summed E-state index contributed by atoms with van der Waals surface area (Å²) in [7, 11) is 0. The second-order valence-electron chi connectivity index (χ2n) is 6.41. The maximum absolute atomic E-state index is 4.38. The van der Waals surface area contributed by atoms with Gasteiger partial charge in [-0.25, -0.2) is 0 Å². The highest BCUT2D eigenvalue weighted by atomic mass is 15.3. The van der Waals surface area contributed by atoms with Crippen molar-refractivity contribution in [3.8, 4) is 0 Å². The van der Waals surface area contributed by atoms with Crippen LogP contribution in [0.4, 0.5) is 0 Å². The minimum Gasteiger partial charge on any atom is -0.361 e. The molecule has 1 aliphatic rings. The largest absolute Gasteiger partial charge is 0.361 e. The van der Waals surface area contributed by atoms with Gasteiger partial charge in [-0.05, 0) is 44.0 Å². The third-order valence-corrected chi connectivity index (χ3v) is 4.94. The summed E-state index contributed by atoms with van der Waals surface area (Å²) >= 11 is 0. The second-order valence-corrected chi connectivity index (χ2v) is 6.41. The number of hydrogen-bond donors (Lipinski definition) is 1. The normalized spacial score (nSPS) is 19.4. The Kier molecular flexibility index (Phi) is 3.87. The van der Waals surface area contributed by atoms with Crippen LogP contribution >= 0.6 is 0 Å². The van der Waals surface area contributed by atoms with Crippen molar-refractivity contribution >= 4 is 10.9 Å². The van der Waals surface area contributed by atoms with Gasteiger partial charge in [0.05, 0.1) is 0 Å². The summed E-state index contributed by atoms with van der Waals surface area (Å²) in [5.41, 5.74) is 2.63. The minimum atomic E-state index is 0.497. The fraction of sp³-hybridized carbons (Fsp3) is 0.444. The summed E-state index contributed by atoms with van der Waals surface area (Å²) in [5.74, 6) is 1.65. The Labute approximate surface area is 136 Å². The molecule has 0 aliphatic carbocycles. The Morgan fingerprint density at radius 3 is 3.17 bits per heavy atom. The first-order valence-electron chi connectivity index (χ1n) is 8.50. The van der Waals surface area contributed by atoms with Crippen LogP contribution in [-0.2, 0) is 13.1 Å². The lowest BCUT2D eigenvalue weighted by Gasteiger charge is -2.32. The van der Waals surface area contributed by atoms with Gasteiger partial charge >= 0.3 is 0 Å². The molecule has 5 nitrogen and oxygen atoms in total. The molecule has 1 N–H and O–H groups in total. The van der Waals surface area contributed by atoms with Crippen molar-refractivity contribution in [2.45, 2.75) is 38.8 Å². The van der Waals surface area contributed by atoms with Crippen molar-refractivity contribution in [1.82, 2.24) is 24.6 Å². The van der Waals surface area contributed by atoms with Crippen molar-refractivity contribution in [3.05, 3.63) is 48.2 Å². The van der Waals surface area contributed by atoms with Crippen molar-refractivity contribution in [3.63, 3.8) is 0 Å². The molecule has 120 valence electrons. The van der Waals surface area contributed by atoms with Gasteiger partial charge in [-0.2, -0.15) is 0 Å². The number of benzene rings is 1.